The maximum Gasteiger partial charge on any atom is 0.243 e. The van der Waals surface area contributed by atoms with Gasteiger partial charge in [-0.05, 0) is 31.2 Å². The lowest BCUT2D eigenvalue weighted by molar-refractivity contribution is -0.135. The Kier molecular flexibility index (Phi) is 2.73. The van der Waals surface area contributed by atoms with E-state index in [1.807, 2.05) is 24.4 Å². The zero-order valence-corrected chi connectivity index (χ0v) is 10.3. The highest BCUT2D eigenvalue weighted by Crippen LogP contribution is 2.47. The molecule has 1 aromatic rings. The summed E-state index contributed by atoms with van der Waals surface area (Å²) in [7, 11) is 1.78. The van der Waals surface area contributed by atoms with Gasteiger partial charge in [0.1, 0.15) is 5.41 Å². The lowest BCUT2D eigenvalue weighted by Crippen LogP contribution is -2.35. The quantitative estimate of drug-likeness (QED) is 0.806. The maximum atomic E-state index is 12.1. The van der Waals surface area contributed by atoms with Crippen molar-refractivity contribution in [3.63, 3.8) is 0 Å². The molecule has 1 aromatic heterocycles. The van der Waals surface area contributed by atoms with Crippen molar-refractivity contribution >= 4 is 17.2 Å². The van der Waals surface area contributed by atoms with E-state index in [4.69, 9.17) is 5.26 Å². The third-order valence-electron chi connectivity index (χ3n) is 3.23. The first-order valence-corrected chi connectivity index (χ1v) is 6.20. The normalized spacial score (nSPS) is 18.6. The summed E-state index contributed by atoms with van der Waals surface area (Å²) in [5.74, 6) is -0.0316. The van der Waals surface area contributed by atoms with Crippen LogP contribution in [0.2, 0.25) is 0 Å². The Balaban J connectivity index is 2.11. The molecule has 16 heavy (non-hydrogen) atoms. The molecule has 0 N–H and O–H groups in total. The van der Waals surface area contributed by atoms with E-state index < -0.39 is 5.41 Å². The molecule has 0 bridgehead atoms. The van der Waals surface area contributed by atoms with Gasteiger partial charge in [0.2, 0.25) is 5.91 Å². The van der Waals surface area contributed by atoms with Crippen LogP contribution in [0.4, 0.5) is 0 Å². The van der Waals surface area contributed by atoms with Gasteiger partial charge in [0, 0.05) is 11.9 Å². The fourth-order valence-electron chi connectivity index (χ4n) is 1.73. The Hall–Kier alpha value is -1.34. The smallest absolute Gasteiger partial charge is 0.243 e. The molecule has 2 rings (SSSR count). The molecular formula is C12H14N2OS. The van der Waals surface area contributed by atoms with Gasteiger partial charge in [-0.1, -0.05) is 6.07 Å². The predicted octanol–water partition coefficient (Wildman–Crippen LogP) is 2.57. The summed E-state index contributed by atoms with van der Waals surface area (Å²) < 4.78 is 0. The Morgan fingerprint density at radius 3 is 2.81 bits per heavy atom. The molecule has 0 saturated heterocycles. The topological polar surface area (TPSA) is 44.1 Å². The van der Waals surface area contributed by atoms with Gasteiger partial charge in [-0.25, -0.2) is 0 Å². The van der Waals surface area contributed by atoms with E-state index >= 15 is 0 Å². The van der Waals surface area contributed by atoms with Crippen LogP contribution in [-0.4, -0.2) is 17.9 Å². The molecule has 4 heteroatoms. The molecule has 1 fully saturated rings. The minimum atomic E-state index is -0.708. The molecule has 1 atom stereocenters. The maximum absolute atomic E-state index is 12.1. The van der Waals surface area contributed by atoms with Gasteiger partial charge < -0.3 is 4.90 Å². The van der Waals surface area contributed by atoms with E-state index in [9.17, 15) is 4.79 Å². The Morgan fingerprint density at radius 1 is 1.69 bits per heavy atom. The first kappa shape index (κ1) is 11.2. The molecular weight excluding hydrogens is 220 g/mol. The number of amides is 1. The van der Waals surface area contributed by atoms with Crippen LogP contribution in [0, 0.1) is 16.7 Å². The minimum absolute atomic E-state index is 0.0316. The number of rotatable bonds is 3. The van der Waals surface area contributed by atoms with Gasteiger partial charge >= 0.3 is 0 Å². The molecule has 1 amide bonds. The number of hydrogen-bond acceptors (Lipinski definition) is 3. The number of carbonyl (C=O) groups excluding carboxylic acids is 1. The molecule has 1 saturated carbocycles. The average Bonchev–Trinajstić information content (AvgIpc) is 2.92. The minimum Gasteiger partial charge on any atom is -0.337 e. The second-order valence-electron chi connectivity index (χ2n) is 4.30. The van der Waals surface area contributed by atoms with Crippen molar-refractivity contribution in [3.8, 4) is 6.07 Å². The van der Waals surface area contributed by atoms with Crippen molar-refractivity contribution in [3.05, 3.63) is 22.4 Å². The average molecular weight is 234 g/mol. The van der Waals surface area contributed by atoms with Crippen LogP contribution in [0.15, 0.2) is 17.5 Å². The van der Waals surface area contributed by atoms with Crippen molar-refractivity contribution < 1.29 is 4.79 Å². The summed E-state index contributed by atoms with van der Waals surface area (Å²) in [6, 6.07) is 6.20. The second-order valence-corrected chi connectivity index (χ2v) is 5.28. The molecule has 0 aromatic carbocycles. The van der Waals surface area contributed by atoms with Crippen LogP contribution in [0.25, 0.3) is 0 Å². The standard InChI is InChI=1S/C12H14N2OS/c1-9(10-4-3-7-16-10)14(2)11(15)12(8-13)5-6-12/h3-4,7,9H,5-6H2,1-2H3. The van der Waals surface area contributed by atoms with E-state index in [1.165, 1.54) is 0 Å². The van der Waals surface area contributed by atoms with Crippen LogP contribution < -0.4 is 0 Å². The lowest BCUT2D eigenvalue weighted by atomic mass is 10.1. The summed E-state index contributed by atoms with van der Waals surface area (Å²) in [6.45, 7) is 2.00. The van der Waals surface area contributed by atoms with Crippen molar-refractivity contribution in [1.82, 2.24) is 4.90 Å². The third kappa shape index (κ3) is 1.72. The number of nitrogens with zero attached hydrogens (tertiary/aromatic N) is 2. The largest absolute Gasteiger partial charge is 0.337 e. The SMILES string of the molecule is CC(c1cccs1)N(C)C(=O)C1(C#N)CC1. The highest BCUT2D eigenvalue weighted by atomic mass is 32.1. The molecule has 1 aliphatic rings. The summed E-state index contributed by atoms with van der Waals surface area (Å²) >= 11 is 1.64. The summed E-state index contributed by atoms with van der Waals surface area (Å²) in [6.07, 6.45) is 1.42. The summed E-state index contributed by atoms with van der Waals surface area (Å²) in [5, 5.41) is 11.0. The third-order valence-corrected chi connectivity index (χ3v) is 4.27. The fraction of sp³-hybridized carbons (Fsp3) is 0.500. The number of nitriles is 1. The lowest BCUT2D eigenvalue weighted by Gasteiger charge is -2.26. The molecule has 1 unspecified atom stereocenters. The van der Waals surface area contributed by atoms with E-state index in [0.717, 1.165) is 4.88 Å². The van der Waals surface area contributed by atoms with Gasteiger partial charge in [0.25, 0.3) is 0 Å². The van der Waals surface area contributed by atoms with Gasteiger partial charge in [0.15, 0.2) is 0 Å². The van der Waals surface area contributed by atoms with Crippen molar-refractivity contribution in [1.29, 1.82) is 5.26 Å². The summed E-state index contributed by atoms with van der Waals surface area (Å²) in [5.41, 5.74) is -0.708. The van der Waals surface area contributed by atoms with Gasteiger partial charge in [-0.15, -0.1) is 11.3 Å². The highest BCUT2D eigenvalue weighted by molar-refractivity contribution is 7.10. The molecule has 0 spiro atoms. The zero-order chi connectivity index (χ0) is 11.8. The zero-order valence-electron chi connectivity index (χ0n) is 9.43. The van der Waals surface area contributed by atoms with Crippen molar-refractivity contribution in [2.45, 2.75) is 25.8 Å². The van der Waals surface area contributed by atoms with E-state index in [0.29, 0.717) is 12.8 Å². The van der Waals surface area contributed by atoms with Crippen molar-refractivity contribution in [2.75, 3.05) is 7.05 Å². The molecule has 84 valence electrons. The first-order valence-electron chi connectivity index (χ1n) is 5.33. The van der Waals surface area contributed by atoms with E-state index in [1.54, 1.807) is 23.3 Å². The number of thiophene rings is 1. The number of hydrogen-bond donors (Lipinski definition) is 0. The van der Waals surface area contributed by atoms with Gasteiger partial charge in [-0.3, -0.25) is 4.79 Å². The molecule has 0 radical (unpaired) electrons. The number of carbonyl (C=O) groups is 1. The Morgan fingerprint density at radius 2 is 2.38 bits per heavy atom. The molecule has 3 nitrogen and oxygen atoms in total. The van der Waals surface area contributed by atoms with Crippen LogP contribution in [0.1, 0.15) is 30.7 Å². The monoisotopic (exact) mass is 234 g/mol. The second kappa shape index (κ2) is 3.91. The van der Waals surface area contributed by atoms with Crippen molar-refractivity contribution in [2.24, 2.45) is 5.41 Å². The van der Waals surface area contributed by atoms with Crippen LogP contribution in [0.3, 0.4) is 0 Å². The van der Waals surface area contributed by atoms with E-state index in [-0.39, 0.29) is 11.9 Å². The Labute approximate surface area is 99.3 Å². The first-order chi connectivity index (χ1) is 7.60. The Bertz CT molecular complexity index is 428. The van der Waals surface area contributed by atoms with E-state index in [2.05, 4.69) is 6.07 Å². The molecule has 0 aliphatic heterocycles. The molecule has 1 aliphatic carbocycles. The predicted molar refractivity (Wildman–Crippen MR) is 62.8 cm³/mol. The highest BCUT2D eigenvalue weighted by Gasteiger charge is 2.52. The van der Waals surface area contributed by atoms with Crippen LogP contribution in [-0.2, 0) is 4.79 Å². The van der Waals surface area contributed by atoms with Crippen LogP contribution >= 0.6 is 11.3 Å². The molecule has 1 heterocycles. The van der Waals surface area contributed by atoms with Crippen LogP contribution in [0.5, 0.6) is 0 Å². The fourth-order valence-corrected chi connectivity index (χ4v) is 2.56. The van der Waals surface area contributed by atoms with Gasteiger partial charge in [0.05, 0.1) is 12.1 Å². The van der Waals surface area contributed by atoms with Gasteiger partial charge in [-0.2, -0.15) is 5.26 Å². The summed E-state index contributed by atoms with van der Waals surface area (Å²) in [4.78, 5) is 15.0.